The first-order valence-electron chi connectivity index (χ1n) is 8.99. The molecular weight excluding hydrogens is 376 g/mol. The predicted octanol–water partition coefficient (Wildman–Crippen LogP) is 4.83. The van der Waals surface area contributed by atoms with E-state index in [1.165, 1.54) is 0 Å². The lowest BCUT2D eigenvalue weighted by Crippen LogP contribution is -2.57. The fraction of sp³-hybridized carbons (Fsp3) is 0.429. The Morgan fingerprint density at radius 3 is 1.68 bits per heavy atom. The molecule has 0 fully saturated rings. The van der Waals surface area contributed by atoms with Gasteiger partial charge in [0.25, 0.3) is 0 Å². The average molecular weight is 400 g/mol. The van der Waals surface area contributed by atoms with Crippen molar-refractivity contribution in [2.45, 2.75) is 50.6 Å². The minimum Gasteiger partial charge on any atom is -0.394 e. The molecule has 0 unspecified atom stereocenters. The molecule has 0 spiro atoms. The number of hydrogen-bond acceptors (Lipinski definition) is 3. The molecule has 3 nitrogen and oxygen atoms in total. The van der Waals surface area contributed by atoms with Crippen molar-refractivity contribution in [1.82, 2.24) is 0 Å². The zero-order valence-electron chi connectivity index (χ0n) is 15.5. The zero-order chi connectivity index (χ0) is 20.6. The molecule has 0 radical (unpaired) electrons. The molecule has 0 aliphatic carbocycles. The van der Waals surface area contributed by atoms with Crippen LogP contribution in [0.15, 0.2) is 60.7 Å². The summed E-state index contributed by atoms with van der Waals surface area (Å²) in [6.07, 6.45) is -9.55. The van der Waals surface area contributed by atoms with Crippen molar-refractivity contribution in [1.29, 1.82) is 0 Å². The summed E-state index contributed by atoms with van der Waals surface area (Å²) < 4.78 is 66.6. The maximum atomic E-state index is 15.1. The molecule has 3 atom stereocenters. The van der Waals surface area contributed by atoms with Crippen molar-refractivity contribution in [3.8, 4) is 0 Å². The highest BCUT2D eigenvalue weighted by atomic mass is 19.4. The fourth-order valence-electron chi connectivity index (χ4n) is 2.87. The number of ether oxygens (including phenoxy) is 2. The summed E-state index contributed by atoms with van der Waals surface area (Å²) in [7, 11) is 0. The van der Waals surface area contributed by atoms with Crippen molar-refractivity contribution < 1.29 is 32.1 Å². The number of benzene rings is 2. The zero-order valence-corrected chi connectivity index (χ0v) is 15.5. The Morgan fingerprint density at radius 1 is 0.821 bits per heavy atom. The van der Waals surface area contributed by atoms with E-state index in [0.717, 1.165) is 6.92 Å². The van der Waals surface area contributed by atoms with Gasteiger partial charge in [-0.25, -0.2) is 4.39 Å². The SMILES string of the molecule is CC[C@](F)([C@H](OCc1ccccc1)[C@@H](CO)OCc1ccccc1)C(F)(F)F. The largest absolute Gasteiger partial charge is 0.425 e. The molecule has 7 heteroatoms. The topological polar surface area (TPSA) is 38.7 Å². The Bertz CT molecular complexity index is 694. The van der Waals surface area contributed by atoms with Crippen LogP contribution in [-0.2, 0) is 22.7 Å². The van der Waals surface area contributed by atoms with Gasteiger partial charge in [0, 0.05) is 0 Å². The van der Waals surface area contributed by atoms with Gasteiger partial charge in [0.05, 0.1) is 19.8 Å². The summed E-state index contributed by atoms with van der Waals surface area (Å²) in [5.41, 5.74) is -2.38. The van der Waals surface area contributed by atoms with Gasteiger partial charge in [0.1, 0.15) is 12.2 Å². The van der Waals surface area contributed by atoms with E-state index in [4.69, 9.17) is 9.47 Å². The van der Waals surface area contributed by atoms with Crippen molar-refractivity contribution in [3.05, 3.63) is 71.8 Å². The van der Waals surface area contributed by atoms with E-state index in [2.05, 4.69) is 0 Å². The van der Waals surface area contributed by atoms with Crippen LogP contribution in [0, 0.1) is 0 Å². The molecule has 0 aliphatic heterocycles. The molecule has 0 amide bonds. The first-order valence-corrected chi connectivity index (χ1v) is 8.99. The summed E-state index contributed by atoms with van der Waals surface area (Å²) in [5.74, 6) is 0. The lowest BCUT2D eigenvalue weighted by Gasteiger charge is -2.38. The lowest BCUT2D eigenvalue weighted by molar-refractivity contribution is -0.288. The average Bonchev–Trinajstić information content (AvgIpc) is 2.70. The fourth-order valence-corrected chi connectivity index (χ4v) is 2.87. The first-order chi connectivity index (χ1) is 13.3. The number of halogens is 4. The van der Waals surface area contributed by atoms with Gasteiger partial charge in [-0.15, -0.1) is 0 Å². The predicted molar refractivity (Wildman–Crippen MR) is 97.3 cm³/mol. The Hall–Kier alpha value is -1.96. The van der Waals surface area contributed by atoms with E-state index in [1.807, 2.05) is 0 Å². The lowest BCUT2D eigenvalue weighted by atomic mass is 9.90. The van der Waals surface area contributed by atoms with Crippen LogP contribution in [0.4, 0.5) is 17.6 Å². The van der Waals surface area contributed by atoms with Crippen LogP contribution in [0.25, 0.3) is 0 Å². The van der Waals surface area contributed by atoms with Crippen molar-refractivity contribution in [3.63, 3.8) is 0 Å². The summed E-state index contributed by atoms with van der Waals surface area (Å²) in [6, 6.07) is 17.2. The van der Waals surface area contributed by atoms with Crippen molar-refractivity contribution in [2.24, 2.45) is 0 Å². The van der Waals surface area contributed by atoms with Gasteiger partial charge in [-0.05, 0) is 17.5 Å². The highest BCUT2D eigenvalue weighted by Crippen LogP contribution is 2.42. The molecule has 0 saturated carbocycles. The monoisotopic (exact) mass is 400 g/mol. The summed E-state index contributed by atoms with van der Waals surface area (Å²) in [4.78, 5) is 0. The molecule has 0 aromatic heterocycles. The van der Waals surface area contributed by atoms with Crippen LogP contribution < -0.4 is 0 Å². The second-order valence-electron chi connectivity index (χ2n) is 6.45. The molecular formula is C21H24F4O3. The molecule has 2 aromatic carbocycles. The number of aliphatic hydroxyl groups excluding tert-OH is 1. The highest BCUT2D eigenvalue weighted by molar-refractivity contribution is 5.14. The number of hydrogen-bond donors (Lipinski definition) is 1. The van der Waals surface area contributed by atoms with Crippen LogP contribution in [-0.4, -0.2) is 35.8 Å². The Balaban J connectivity index is 2.23. The van der Waals surface area contributed by atoms with Gasteiger partial charge in [-0.1, -0.05) is 67.6 Å². The third kappa shape index (κ3) is 5.53. The smallest absolute Gasteiger partial charge is 0.394 e. The van der Waals surface area contributed by atoms with Gasteiger partial charge >= 0.3 is 6.18 Å². The van der Waals surface area contributed by atoms with Crippen LogP contribution >= 0.6 is 0 Å². The van der Waals surface area contributed by atoms with Crippen molar-refractivity contribution in [2.75, 3.05) is 6.61 Å². The van der Waals surface area contributed by atoms with Crippen LogP contribution in [0.5, 0.6) is 0 Å². The van der Waals surface area contributed by atoms with Gasteiger partial charge in [-0.2, -0.15) is 13.2 Å². The Kier molecular flexibility index (Phi) is 7.98. The quantitative estimate of drug-likeness (QED) is 0.581. The van der Waals surface area contributed by atoms with E-state index in [-0.39, 0.29) is 13.2 Å². The summed E-state index contributed by atoms with van der Waals surface area (Å²) in [6.45, 7) is -0.0284. The third-order valence-electron chi connectivity index (χ3n) is 4.53. The Labute approximate surface area is 161 Å². The van der Waals surface area contributed by atoms with Gasteiger partial charge in [0.15, 0.2) is 0 Å². The van der Waals surface area contributed by atoms with Crippen LogP contribution in [0.2, 0.25) is 0 Å². The van der Waals surface area contributed by atoms with Crippen LogP contribution in [0.3, 0.4) is 0 Å². The molecule has 1 N–H and O–H groups in total. The van der Waals surface area contributed by atoms with Gasteiger partial charge in [-0.3, -0.25) is 0 Å². The maximum Gasteiger partial charge on any atom is 0.425 e. The molecule has 0 heterocycles. The van der Waals surface area contributed by atoms with E-state index in [9.17, 15) is 18.3 Å². The molecule has 2 aromatic rings. The van der Waals surface area contributed by atoms with E-state index in [1.54, 1.807) is 60.7 Å². The van der Waals surface area contributed by atoms with Gasteiger partial charge < -0.3 is 14.6 Å². The number of aliphatic hydroxyl groups is 1. The second kappa shape index (κ2) is 10.0. The summed E-state index contributed by atoms with van der Waals surface area (Å²) in [5, 5.41) is 9.66. The first kappa shape index (κ1) is 22.3. The normalized spacial score (nSPS) is 16.4. The summed E-state index contributed by atoms with van der Waals surface area (Å²) >= 11 is 0. The molecule has 0 aliphatic rings. The molecule has 0 saturated heterocycles. The molecule has 2 rings (SSSR count). The standard InChI is InChI=1S/C21H24F4O3/c1-2-20(22,21(23,24)25)19(28-15-17-11-7-4-8-12-17)18(13-26)27-14-16-9-5-3-6-10-16/h3-12,18-19,26H,2,13-15H2,1H3/t18-,19-,20+/m1/s1. The van der Waals surface area contributed by atoms with E-state index < -0.39 is 37.1 Å². The number of alkyl halides is 4. The minimum absolute atomic E-state index is 0.0745. The second-order valence-corrected chi connectivity index (χ2v) is 6.45. The third-order valence-corrected chi connectivity index (χ3v) is 4.53. The van der Waals surface area contributed by atoms with Gasteiger partial charge in [0.2, 0.25) is 5.67 Å². The molecule has 0 bridgehead atoms. The molecule has 154 valence electrons. The Morgan fingerprint density at radius 2 is 1.29 bits per heavy atom. The minimum atomic E-state index is -5.17. The van der Waals surface area contributed by atoms with Crippen molar-refractivity contribution >= 4 is 0 Å². The highest BCUT2D eigenvalue weighted by Gasteiger charge is 2.62. The van der Waals surface area contributed by atoms with E-state index in [0.29, 0.717) is 11.1 Å². The number of rotatable bonds is 10. The maximum absolute atomic E-state index is 15.1. The van der Waals surface area contributed by atoms with Crippen LogP contribution in [0.1, 0.15) is 24.5 Å². The van der Waals surface area contributed by atoms with E-state index >= 15 is 4.39 Å². The molecule has 28 heavy (non-hydrogen) atoms.